The van der Waals surface area contributed by atoms with Crippen LogP contribution in [0.2, 0.25) is 0 Å². The van der Waals surface area contributed by atoms with Crippen molar-refractivity contribution < 1.29 is 28.6 Å². The maximum absolute atomic E-state index is 12.8. The molecule has 8 nitrogen and oxygen atoms in total. The first-order chi connectivity index (χ1) is 17.3. The Morgan fingerprint density at radius 1 is 1.00 bits per heavy atom. The van der Waals surface area contributed by atoms with Gasteiger partial charge in [-0.2, -0.15) is 0 Å². The molecule has 0 radical (unpaired) electrons. The van der Waals surface area contributed by atoms with Crippen LogP contribution < -0.4 is 24.4 Å². The fraction of sp³-hybridized carbons (Fsp3) is 0.250. The molecule has 0 bridgehead atoms. The van der Waals surface area contributed by atoms with Crippen LogP contribution in [0.25, 0.3) is 0 Å². The molecule has 0 atom stereocenters. The SMILES string of the molecule is COc1ccc(NC(=O)CN2C(=O)COc3ccc(C(=O)COc4ccc(C(C)C)cc4)cc32)cc1. The first-order valence-corrected chi connectivity index (χ1v) is 11.6. The summed E-state index contributed by atoms with van der Waals surface area (Å²) in [4.78, 5) is 39.4. The van der Waals surface area contributed by atoms with Gasteiger partial charge in [0, 0.05) is 11.3 Å². The van der Waals surface area contributed by atoms with Crippen LogP contribution in [0.3, 0.4) is 0 Å². The molecule has 1 N–H and O–H groups in total. The lowest BCUT2D eigenvalue weighted by molar-refractivity contribution is -0.123. The maximum atomic E-state index is 12.8. The van der Waals surface area contributed by atoms with Gasteiger partial charge < -0.3 is 19.5 Å². The number of carbonyl (C=O) groups excluding carboxylic acids is 3. The summed E-state index contributed by atoms with van der Waals surface area (Å²) >= 11 is 0. The number of hydrogen-bond acceptors (Lipinski definition) is 6. The maximum Gasteiger partial charge on any atom is 0.265 e. The zero-order valence-electron chi connectivity index (χ0n) is 20.4. The van der Waals surface area contributed by atoms with Gasteiger partial charge in [-0.15, -0.1) is 0 Å². The van der Waals surface area contributed by atoms with Crippen LogP contribution in [0.5, 0.6) is 17.2 Å². The zero-order chi connectivity index (χ0) is 25.7. The summed E-state index contributed by atoms with van der Waals surface area (Å²) in [5.74, 6) is 1.08. The number of anilines is 2. The Hall–Kier alpha value is -4.33. The average Bonchev–Trinajstić information content (AvgIpc) is 2.89. The van der Waals surface area contributed by atoms with Crippen LogP contribution >= 0.6 is 0 Å². The van der Waals surface area contributed by atoms with E-state index in [0.717, 1.165) is 0 Å². The molecule has 3 aromatic rings. The Morgan fingerprint density at radius 3 is 2.36 bits per heavy atom. The fourth-order valence-corrected chi connectivity index (χ4v) is 3.75. The number of hydrogen-bond donors (Lipinski definition) is 1. The number of fused-ring (bicyclic) bond motifs is 1. The van der Waals surface area contributed by atoms with Gasteiger partial charge in [0.15, 0.2) is 19.0 Å². The molecular formula is C28H28N2O6. The third-order valence-corrected chi connectivity index (χ3v) is 5.82. The van der Waals surface area contributed by atoms with Crippen molar-refractivity contribution in [3.05, 3.63) is 77.9 Å². The van der Waals surface area contributed by atoms with Crippen LogP contribution in [0.15, 0.2) is 66.7 Å². The van der Waals surface area contributed by atoms with Crippen molar-refractivity contribution in [2.75, 3.05) is 37.1 Å². The highest BCUT2D eigenvalue weighted by Gasteiger charge is 2.28. The largest absolute Gasteiger partial charge is 0.497 e. The molecule has 1 aliphatic rings. The third kappa shape index (κ3) is 5.83. The number of carbonyl (C=O) groups is 3. The van der Waals surface area contributed by atoms with Crippen molar-refractivity contribution in [2.45, 2.75) is 19.8 Å². The molecule has 1 aliphatic heterocycles. The zero-order valence-corrected chi connectivity index (χ0v) is 20.4. The van der Waals surface area contributed by atoms with E-state index in [1.54, 1.807) is 49.6 Å². The van der Waals surface area contributed by atoms with Crippen LogP contribution in [0.4, 0.5) is 11.4 Å². The predicted molar refractivity (Wildman–Crippen MR) is 136 cm³/mol. The van der Waals surface area contributed by atoms with Crippen LogP contribution in [-0.4, -0.2) is 44.5 Å². The minimum atomic E-state index is -0.383. The van der Waals surface area contributed by atoms with Crippen molar-refractivity contribution >= 4 is 29.0 Å². The first-order valence-electron chi connectivity index (χ1n) is 11.6. The van der Waals surface area contributed by atoms with Gasteiger partial charge in [-0.1, -0.05) is 26.0 Å². The van der Waals surface area contributed by atoms with Gasteiger partial charge in [-0.05, 0) is 66.1 Å². The van der Waals surface area contributed by atoms with E-state index >= 15 is 0 Å². The molecule has 8 heteroatoms. The molecule has 0 fully saturated rings. The third-order valence-electron chi connectivity index (χ3n) is 5.82. The fourth-order valence-electron chi connectivity index (χ4n) is 3.75. The highest BCUT2D eigenvalue weighted by Crippen LogP contribution is 2.33. The minimum absolute atomic E-state index is 0.160. The van der Waals surface area contributed by atoms with Crippen molar-refractivity contribution in [3.8, 4) is 17.2 Å². The van der Waals surface area contributed by atoms with E-state index in [-0.39, 0.29) is 37.4 Å². The molecule has 36 heavy (non-hydrogen) atoms. The summed E-state index contributed by atoms with van der Waals surface area (Å²) in [5, 5.41) is 2.76. The van der Waals surface area contributed by atoms with E-state index in [0.29, 0.717) is 40.1 Å². The molecule has 0 saturated carbocycles. The standard InChI is InChI=1S/C28H28N2O6/c1-18(2)19-4-9-23(10-5-19)35-16-25(31)20-6-13-26-24(14-20)30(28(33)17-36-26)15-27(32)29-21-7-11-22(34-3)12-8-21/h4-14,18H,15-17H2,1-3H3,(H,29,32). The second-order valence-electron chi connectivity index (χ2n) is 8.66. The number of benzene rings is 3. The highest BCUT2D eigenvalue weighted by molar-refractivity contribution is 6.06. The van der Waals surface area contributed by atoms with E-state index < -0.39 is 0 Å². The Labute approximate surface area is 209 Å². The number of amides is 2. The summed E-state index contributed by atoms with van der Waals surface area (Å²) in [6, 6.07) is 19.3. The van der Waals surface area contributed by atoms with E-state index in [1.807, 2.05) is 24.3 Å². The van der Waals surface area contributed by atoms with E-state index in [4.69, 9.17) is 14.2 Å². The number of rotatable bonds is 9. The number of methoxy groups -OCH3 is 1. The summed E-state index contributed by atoms with van der Waals surface area (Å²) in [5.41, 5.74) is 2.48. The topological polar surface area (TPSA) is 94.2 Å². The Morgan fingerprint density at radius 2 is 1.69 bits per heavy atom. The molecule has 2 amide bonds. The number of ketones is 1. The van der Waals surface area contributed by atoms with Gasteiger partial charge in [0.25, 0.3) is 5.91 Å². The molecule has 0 saturated heterocycles. The highest BCUT2D eigenvalue weighted by atomic mass is 16.5. The van der Waals surface area contributed by atoms with Crippen molar-refractivity contribution in [1.29, 1.82) is 0 Å². The number of nitrogens with zero attached hydrogens (tertiary/aromatic N) is 1. The molecule has 3 aromatic carbocycles. The smallest absolute Gasteiger partial charge is 0.265 e. The minimum Gasteiger partial charge on any atom is -0.497 e. The van der Waals surface area contributed by atoms with Crippen molar-refractivity contribution in [2.24, 2.45) is 0 Å². The van der Waals surface area contributed by atoms with Crippen LogP contribution in [-0.2, 0) is 9.59 Å². The Kier molecular flexibility index (Phi) is 7.53. The summed E-state index contributed by atoms with van der Waals surface area (Å²) in [6.07, 6.45) is 0. The molecular weight excluding hydrogens is 460 g/mol. The van der Waals surface area contributed by atoms with E-state index in [1.165, 1.54) is 10.5 Å². The molecule has 0 aromatic heterocycles. The van der Waals surface area contributed by atoms with E-state index in [9.17, 15) is 14.4 Å². The van der Waals surface area contributed by atoms with Crippen molar-refractivity contribution in [3.63, 3.8) is 0 Å². The lowest BCUT2D eigenvalue weighted by Gasteiger charge is -2.29. The lowest BCUT2D eigenvalue weighted by atomic mass is 10.0. The Balaban J connectivity index is 1.44. The summed E-state index contributed by atoms with van der Waals surface area (Å²) < 4.78 is 16.3. The summed E-state index contributed by atoms with van der Waals surface area (Å²) in [7, 11) is 1.56. The average molecular weight is 489 g/mol. The predicted octanol–water partition coefficient (Wildman–Crippen LogP) is 4.44. The van der Waals surface area contributed by atoms with Gasteiger partial charge in [0.1, 0.15) is 23.8 Å². The molecule has 0 aliphatic carbocycles. The van der Waals surface area contributed by atoms with Gasteiger partial charge >= 0.3 is 0 Å². The molecule has 0 unspecified atom stereocenters. The van der Waals surface area contributed by atoms with Crippen molar-refractivity contribution in [1.82, 2.24) is 0 Å². The first kappa shape index (κ1) is 24.8. The number of Topliss-reactive ketones (excluding diaryl/α,β-unsaturated/α-hetero) is 1. The Bertz CT molecular complexity index is 1250. The van der Waals surface area contributed by atoms with Gasteiger partial charge in [0.05, 0.1) is 12.8 Å². The van der Waals surface area contributed by atoms with Crippen LogP contribution in [0, 0.1) is 0 Å². The summed E-state index contributed by atoms with van der Waals surface area (Å²) in [6.45, 7) is 3.64. The van der Waals surface area contributed by atoms with E-state index in [2.05, 4.69) is 19.2 Å². The molecule has 186 valence electrons. The monoisotopic (exact) mass is 488 g/mol. The number of ether oxygens (including phenoxy) is 3. The van der Waals surface area contributed by atoms with Gasteiger partial charge in [-0.25, -0.2) is 0 Å². The quantitative estimate of drug-likeness (QED) is 0.448. The second-order valence-corrected chi connectivity index (χ2v) is 8.66. The molecule has 1 heterocycles. The lowest BCUT2D eigenvalue weighted by Crippen LogP contribution is -2.43. The molecule has 4 rings (SSSR count). The van der Waals surface area contributed by atoms with Crippen LogP contribution in [0.1, 0.15) is 35.7 Å². The normalized spacial score (nSPS) is 12.6. The molecule has 0 spiro atoms. The number of nitrogens with one attached hydrogen (secondary N) is 1. The second kappa shape index (κ2) is 10.9. The van der Waals surface area contributed by atoms with Gasteiger partial charge in [0.2, 0.25) is 5.91 Å². The van der Waals surface area contributed by atoms with Gasteiger partial charge in [-0.3, -0.25) is 19.3 Å².